The quantitative estimate of drug-likeness (QED) is 0.578. The molecule has 2 aromatic carbocycles. The fraction of sp³-hybridized carbons (Fsp3) is 0.517. The predicted octanol–water partition coefficient (Wildman–Crippen LogP) is 3.73. The number of nitrogens with one attached hydrogen (secondary N) is 1. The number of anilines is 1. The van der Waals surface area contributed by atoms with E-state index in [1.165, 1.54) is 4.31 Å². The van der Waals surface area contributed by atoms with Crippen LogP contribution in [0.4, 0.5) is 5.69 Å². The lowest BCUT2D eigenvalue weighted by atomic mass is 9.86. The van der Waals surface area contributed by atoms with Crippen molar-refractivity contribution in [3.63, 3.8) is 0 Å². The van der Waals surface area contributed by atoms with Crippen molar-refractivity contribution in [3.8, 4) is 0 Å². The molecule has 0 aliphatic carbocycles. The van der Waals surface area contributed by atoms with E-state index in [2.05, 4.69) is 26.1 Å². The molecule has 2 saturated heterocycles. The summed E-state index contributed by atoms with van der Waals surface area (Å²) in [5.41, 5.74) is 1.00. The minimum atomic E-state index is -3.69. The minimum Gasteiger partial charge on any atom is -0.352 e. The van der Waals surface area contributed by atoms with Crippen LogP contribution in [-0.4, -0.2) is 67.3 Å². The molecule has 1 unspecified atom stereocenters. The maximum Gasteiger partial charge on any atom is 0.250 e. The second kappa shape index (κ2) is 10.7. The highest BCUT2D eigenvalue weighted by Gasteiger charge is 2.55. The van der Waals surface area contributed by atoms with E-state index in [1.807, 2.05) is 61.2 Å². The molecule has 38 heavy (non-hydrogen) atoms. The van der Waals surface area contributed by atoms with Crippen molar-refractivity contribution in [1.29, 1.82) is 0 Å². The average Bonchev–Trinajstić information content (AvgIpc) is 3.15. The molecule has 0 saturated carbocycles. The Morgan fingerprint density at radius 2 is 1.63 bits per heavy atom. The lowest BCUT2D eigenvalue weighted by Crippen LogP contribution is -2.57. The van der Waals surface area contributed by atoms with Crippen molar-refractivity contribution < 1.29 is 18.0 Å². The zero-order valence-corrected chi connectivity index (χ0v) is 23.9. The summed E-state index contributed by atoms with van der Waals surface area (Å²) < 4.78 is 28.5. The third kappa shape index (κ3) is 5.45. The monoisotopic (exact) mass is 540 g/mol. The number of nitrogens with zero attached hydrogens (tertiary/aromatic N) is 3. The Balaban J connectivity index is 1.55. The van der Waals surface area contributed by atoms with Crippen LogP contribution in [0.1, 0.15) is 59.4 Å². The van der Waals surface area contributed by atoms with Crippen LogP contribution in [0.5, 0.6) is 0 Å². The summed E-state index contributed by atoms with van der Waals surface area (Å²) in [4.78, 5) is 30.4. The van der Waals surface area contributed by atoms with Crippen LogP contribution in [0.3, 0.4) is 0 Å². The Bertz CT molecular complexity index is 1250. The average molecular weight is 541 g/mol. The molecule has 2 aliphatic rings. The fourth-order valence-electron chi connectivity index (χ4n) is 5.29. The Morgan fingerprint density at radius 3 is 2.18 bits per heavy atom. The standard InChI is InChI=1S/C29H40N4O4S/c1-6-22(2)30-26(34)20-31-21-33(24-10-8-7-9-11-24)29(27(31)35)16-18-32(19-17-29)38(36,37)25-14-12-23(13-15-25)28(3,4)5/h7-15,22H,6,16-21H2,1-5H3,(H,30,34). The molecule has 2 fully saturated rings. The molecule has 2 amide bonds. The van der Waals surface area contributed by atoms with Crippen LogP contribution in [0.2, 0.25) is 0 Å². The zero-order valence-electron chi connectivity index (χ0n) is 23.1. The van der Waals surface area contributed by atoms with Gasteiger partial charge in [-0.15, -0.1) is 0 Å². The summed E-state index contributed by atoms with van der Waals surface area (Å²) >= 11 is 0. The van der Waals surface area contributed by atoms with E-state index in [1.54, 1.807) is 17.0 Å². The van der Waals surface area contributed by atoms with Crippen LogP contribution < -0.4 is 10.2 Å². The van der Waals surface area contributed by atoms with Crippen molar-refractivity contribution in [2.45, 2.75) is 75.8 Å². The van der Waals surface area contributed by atoms with Crippen LogP contribution in [0.15, 0.2) is 59.5 Å². The lowest BCUT2D eigenvalue weighted by molar-refractivity contribution is -0.137. The van der Waals surface area contributed by atoms with E-state index in [0.717, 1.165) is 17.7 Å². The molecule has 4 rings (SSSR count). The number of hydrogen-bond acceptors (Lipinski definition) is 5. The number of benzene rings is 2. The Hall–Kier alpha value is -2.91. The summed E-state index contributed by atoms with van der Waals surface area (Å²) in [6.07, 6.45) is 1.51. The zero-order chi connectivity index (χ0) is 27.7. The predicted molar refractivity (Wildman–Crippen MR) is 149 cm³/mol. The highest BCUT2D eigenvalue weighted by atomic mass is 32.2. The van der Waals surface area contributed by atoms with Gasteiger partial charge in [-0.05, 0) is 61.4 Å². The van der Waals surface area contributed by atoms with Gasteiger partial charge in [0.15, 0.2) is 0 Å². The van der Waals surface area contributed by atoms with Gasteiger partial charge >= 0.3 is 0 Å². The molecule has 206 valence electrons. The van der Waals surface area contributed by atoms with Gasteiger partial charge in [0.1, 0.15) is 12.1 Å². The molecule has 0 bridgehead atoms. The van der Waals surface area contributed by atoms with Crippen molar-refractivity contribution >= 4 is 27.5 Å². The third-order valence-corrected chi connectivity index (χ3v) is 9.76. The molecular weight excluding hydrogens is 500 g/mol. The molecule has 2 aliphatic heterocycles. The Morgan fingerprint density at radius 1 is 1.03 bits per heavy atom. The van der Waals surface area contributed by atoms with Gasteiger partial charge in [0.25, 0.3) is 0 Å². The molecule has 9 heteroatoms. The van der Waals surface area contributed by atoms with E-state index in [-0.39, 0.29) is 54.5 Å². The number of sulfonamides is 1. The number of carbonyl (C=O) groups is 2. The summed E-state index contributed by atoms with van der Waals surface area (Å²) in [5.74, 6) is -0.302. The first kappa shape index (κ1) is 28.1. The molecule has 0 aromatic heterocycles. The number of para-hydroxylation sites is 1. The van der Waals surface area contributed by atoms with Crippen LogP contribution in [0.25, 0.3) is 0 Å². The smallest absolute Gasteiger partial charge is 0.250 e. The van der Waals surface area contributed by atoms with E-state index >= 15 is 0 Å². The van der Waals surface area contributed by atoms with Crippen molar-refractivity contribution in [2.24, 2.45) is 0 Å². The van der Waals surface area contributed by atoms with E-state index in [0.29, 0.717) is 12.8 Å². The number of amides is 2. The van der Waals surface area contributed by atoms with Crippen LogP contribution >= 0.6 is 0 Å². The number of piperidine rings is 1. The summed E-state index contributed by atoms with van der Waals surface area (Å²) in [6, 6.07) is 16.8. The molecule has 1 spiro atoms. The minimum absolute atomic E-state index is 0.0175. The molecule has 2 aromatic rings. The maximum atomic E-state index is 13.9. The first-order chi connectivity index (χ1) is 17.9. The number of hydrogen-bond donors (Lipinski definition) is 1. The van der Waals surface area contributed by atoms with Crippen molar-refractivity contribution in [3.05, 3.63) is 60.2 Å². The van der Waals surface area contributed by atoms with Gasteiger partial charge in [-0.3, -0.25) is 9.59 Å². The van der Waals surface area contributed by atoms with E-state index in [9.17, 15) is 18.0 Å². The van der Waals surface area contributed by atoms with E-state index < -0.39 is 15.6 Å². The van der Waals surface area contributed by atoms with Gasteiger partial charge in [0.05, 0.1) is 11.6 Å². The van der Waals surface area contributed by atoms with Gasteiger partial charge in [0, 0.05) is 24.8 Å². The largest absolute Gasteiger partial charge is 0.352 e. The fourth-order valence-corrected chi connectivity index (χ4v) is 6.73. The molecule has 0 radical (unpaired) electrons. The highest BCUT2D eigenvalue weighted by Crippen LogP contribution is 2.40. The lowest BCUT2D eigenvalue weighted by Gasteiger charge is -2.42. The van der Waals surface area contributed by atoms with Crippen LogP contribution in [-0.2, 0) is 25.0 Å². The Labute approximate surface area is 227 Å². The van der Waals surface area contributed by atoms with Crippen molar-refractivity contribution in [2.75, 3.05) is 31.2 Å². The Kier molecular flexibility index (Phi) is 7.91. The van der Waals surface area contributed by atoms with E-state index in [4.69, 9.17) is 0 Å². The SMILES string of the molecule is CCC(C)NC(=O)CN1CN(c2ccccc2)C2(CCN(S(=O)(=O)c3ccc(C(C)(C)C)cc3)CC2)C1=O. The second-order valence-electron chi connectivity index (χ2n) is 11.5. The first-order valence-electron chi connectivity index (χ1n) is 13.4. The number of carbonyl (C=O) groups excluding carboxylic acids is 2. The summed E-state index contributed by atoms with van der Waals surface area (Å²) in [6.45, 7) is 10.9. The van der Waals surface area contributed by atoms with Crippen LogP contribution in [0, 0.1) is 0 Å². The molecular formula is C29H40N4O4S. The van der Waals surface area contributed by atoms with Gasteiger partial charge in [0.2, 0.25) is 21.8 Å². The summed E-state index contributed by atoms with van der Waals surface area (Å²) in [5, 5.41) is 2.94. The van der Waals surface area contributed by atoms with Crippen molar-refractivity contribution in [1.82, 2.24) is 14.5 Å². The van der Waals surface area contributed by atoms with Gasteiger partial charge in [-0.1, -0.05) is 58.0 Å². The number of rotatable bonds is 7. The molecule has 8 nitrogen and oxygen atoms in total. The van der Waals surface area contributed by atoms with Gasteiger partial charge in [-0.25, -0.2) is 8.42 Å². The highest BCUT2D eigenvalue weighted by molar-refractivity contribution is 7.89. The second-order valence-corrected chi connectivity index (χ2v) is 13.4. The summed E-state index contributed by atoms with van der Waals surface area (Å²) in [7, 11) is -3.69. The van der Waals surface area contributed by atoms with Gasteiger partial charge in [-0.2, -0.15) is 4.31 Å². The molecule has 2 heterocycles. The maximum absolute atomic E-state index is 13.9. The topological polar surface area (TPSA) is 90.0 Å². The normalized spacial score (nSPS) is 19.1. The molecule has 1 N–H and O–H groups in total. The third-order valence-electron chi connectivity index (χ3n) is 7.84. The van der Waals surface area contributed by atoms with Gasteiger partial charge < -0.3 is 15.1 Å². The molecule has 1 atom stereocenters. The first-order valence-corrected chi connectivity index (χ1v) is 14.8.